The Morgan fingerprint density at radius 1 is 1.05 bits per heavy atom. The lowest BCUT2D eigenvalue weighted by Gasteiger charge is -2.20. The Balaban J connectivity index is 1.88. The summed E-state index contributed by atoms with van der Waals surface area (Å²) in [5.74, 6) is 0. The van der Waals surface area contributed by atoms with Gasteiger partial charge in [0.1, 0.15) is 0 Å². The molecule has 0 radical (unpaired) electrons. The van der Waals surface area contributed by atoms with E-state index >= 15 is 0 Å². The lowest BCUT2D eigenvalue weighted by Crippen LogP contribution is -2.31. The molecule has 1 heterocycles. The molecule has 2 aliphatic rings. The number of sulfonamides is 1. The van der Waals surface area contributed by atoms with E-state index in [2.05, 4.69) is 0 Å². The SMILES string of the molecule is CS(=O)(=O)[C@H]1CCN(S(=O)(=O)c2ccc3c(c2)CCCC3)C1. The summed E-state index contributed by atoms with van der Waals surface area (Å²) < 4.78 is 50.0. The quantitative estimate of drug-likeness (QED) is 0.831. The molecule has 3 rings (SSSR count). The summed E-state index contributed by atoms with van der Waals surface area (Å²) in [6.07, 6.45) is 5.73. The minimum Gasteiger partial charge on any atom is -0.229 e. The first-order chi connectivity index (χ1) is 10.3. The molecular formula is C15H21NO4S2. The molecule has 1 aliphatic heterocycles. The number of fused-ring (bicyclic) bond motifs is 1. The van der Waals surface area contributed by atoms with Crippen molar-refractivity contribution in [1.29, 1.82) is 0 Å². The van der Waals surface area contributed by atoms with Crippen LogP contribution in [-0.4, -0.2) is 45.7 Å². The van der Waals surface area contributed by atoms with Crippen LogP contribution in [0.2, 0.25) is 0 Å². The summed E-state index contributed by atoms with van der Waals surface area (Å²) in [4.78, 5) is 0.294. The first-order valence-electron chi connectivity index (χ1n) is 7.59. The van der Waals surface area contributed by atoms with Crippen LogP contribution in [0.1, 0.15) is 30.4 Å². The molecule has 0 N–H and O–H groups in total. The van der Waals surface area contributed by atoms with Crippen LogP contribution in [0, 0.1) is 0 Å². The number of sulfone groups is 1. The molecule has 0 unspecified atom stereocenters. The molecule has 7 heteroatoms. The second kappa shape index (κ2) is 5.62. The number of rotatable bonds is 3. The van der Waals surface area contributed by atoms with Gasteiger partial charge in [-0.15, -0.1) is 0 Å². The molecule has 1 atom stereocenters. The predicted octanol–water partition coefficient (Wildman–Crippen LogP) is 1.37. The van der Waals surface area contributed by atoms with Gasteiger partial charge in [-0.25, -0.2) is 16.8 Å². The molecule has 0 bridgehead atoms. The first kappa shape index (κ1) is 16.0. The first-order valence-corrected chi connectivity index (χ1v) is 11.0. The highest BCUT2D eigenvalue weighted by Gasteiger charge is 2.37. The van der Waals surface area contributed by atoms with Crippen LogP contribution in [0.3, 0.4) is 0 Å². The summed E-state index contributed by atoms with van der Waals surface area (Å²) in [6.45, 7) is 0.343. The van der Waals surface area contributed by atoms with Gasteiger partial charge in [0.25, 0.3) is 0 Å². The molecule has 22 heavy (non-hydrogen) atoms. The Labute approximate surface area is 132 Å². The van der Waals surface area contributed by atoms with Crippen molar-refractivity contribution in [1.82, 2.24) is 4.31 Å². The number of hydrogen-bond acceptors (Lipinski definition) is 4. The maximum Gasteiger partial charge on any atom is 0.243 e. The lowest BCUT2D eigenvalue weighted by atomic mass is 9.92. The maximum absolute atomic E-state index is 12.7. The molecule has 122 valence electrons. The van der Waals surface area contributed by atoms with E-state index in [0.29, 0.717) is 11.3 Å². The van der Waals surface area contributed by atoms with Gasteiger partial charge in [-0.05, 0) is 55.4 Å². The Hall–Kier alpha value is -0.920. The Kier molecular flexibility index (Phi) is 4.07. The van der Waals surface area contributed by atoms with Gasteiger partial charge in [-0.1, -0.05) is 6.07 Å². The highest BCUT2D eigenvalue weighted by molar-refractivity contribution is 7.91. The zero-order chi connectivity index (χ0) is 16.0. The topological polar surface area (TPSA) is 71.5 Å². The minimum absolute atomic E-state index is 0.0677. The van der Waals surface area contributed by atoms with Crippen LogP contribution in [0.25, 0.3) is 0 Å². The van der Waals surface area contributed by atoms with Crippen molar-refractivity contribution in [2.45, 2.75) is 42.2 Å². The molecule has 1 aliphatic carbocycles. The van der Waals surface area contributed by atoms with Crippen molar-refractivity contribution in [3.05, 3.63) is 29.3 Å². The van der Waals surface area contributed by atoms with Gasteiger partial charge in [-0.2, -0.15) is 4.31 Å². The van der Waals surface area contributed by atoms with E-state index in [4.69, 9.17) is 0 Å². The van der Waals surface area contributed by atoms with Crippen molar-refractivity contribution in [3.63, 3.8) is 0 Å². The number of nitrogens with zero attached hydrogens (tertiary/aromatic N) is 1. The fraction of sp³-hybridized carbons (Fsp3) is 0.600. The smallest absolute Gasteiger partial charge is 0.229 e. The fourth-order valence-electron chi connectivity index (χ4n) is 3.28. The van der Waals surface area contributed by atoms with Gasteiger partial charge in [-0.3, -0.25) is 0 Å². The van der Waals surface area contributed by atoms with Crippen molar-refractivity contribution in [2.75, 3.05) is 19.3 Å². The molecule has 0 spiro atoms. The molecule has 1 fully saturated rings. The van der Waals surface area contributed by atoms with Crippen LogP contribution in [0.15, 0.2) is 23.1 Å². The largest absolute Gasteiger partial charge is 0.243 e. The lowest BCUT2D eigenvalue weighted by molar-refractivity contribution is 0.476. The van der Waals surface area contributed by atoms with Gasteiger partial charge in [0.15, 0.2) is 9.84 Å². The standard InChI is InChI=1S/C15H21NO4S2/c1-21(17,18)15-8-9-16(11-15)22(19,20)14-7-6-12-4-2-3-5-13(12)10-14/h6-7,10,15H,2-5,8-9,11H2,1H3/t15-/m0/s1. The van der Waals surface area contributed by atoms with E-state index in [1.807, 2.05) is 6.07 Å². The van der Waals surface area contributed by atoms with Crippen molar-refractivity contribution < 1.29 is 16.8 Å². The van der Waals surface area contributed by atoms with Gasteiger partial charge in [0, 0.05) is 19.3 Å². The van der Waals surface area contributed by atoms with E-state index < -0.39 is 25.1 Å². The predicted molar refractivity (Wildman–Crippen MR) is 85.1 cm³/mol. The summed E-state index contributed by atoms with van der Waals surface area (Å²) in [7, 11) is -6.79. The monoisotopic (exact) mass is 343 g/mol. The average Bonchev–Trinajstić information content (AvgIpc) is 2.97. The summed E-state index contributed by atoms with van der Waals surface area (Å²) in [6, 6.07) is 5.34. The third-order valence-electron chi connectivity index (χ3n) is 4.67. The Morgan fingerprint density at radius 2 is 1.73 bits per heavy atom. The molecule has 5 nitrogen and oxygen atoms in total. The molecule has 0 aromatic heterocycles. The number of aryl methyl sites for hydroxylation is 2. The van der Waals surface area contributed by atoms with E-state index in [-0.39, 0.29) is 13.1 Å². The number of benzene rings is 1. The van der Waals surface area contributed by atoms with Crippen LogP contribution in [0.5, 0.6) is 0 Å². The third kappa shape index (κ3) is 2.94. The molecule has 1 saturated heterocycles. The molecule has 0 amide bonds. The molecule has 1 aromatic rings. The van der Waals surface area contributed by atoms with Gasteiger partial charge >= 0.3 is 0 Å². The summed E-state index contributed by atoms with van der Waals surface area (Å²) >= 11 is 0. The van der Waals surface area contributed by atoms with Gasteiger partial charge in [0.2, 0.25) is 10.0 Å². The summed E-state index contributed by atoms with van der Waals surface area (Å²) in [5, 5.41) is -0.583. The van der Waals surface area contributed by atoms with Crippen molar-refractivity contribution in [2.24, 2.45) is 0 Å². The molecule has 1 aromatic carbocycles. The zero-order valence-corrected chi connectivity index (χ0v) is 14.3. The third-order valence-corrected chi connectivity index (χ3v) is 8.13. The minimum atomic E-state index is -3.60. The highest BCUT2D eigenvalue weighted by atomic mass is 32.2. The normalized spacial score (nSPS) is 23.4. The van der Waals surface area contributed by atoms with Crippen LogP contribution in [-0.2, 0) is 32.7 Å². The van der Waals surface area contributed by atoms with E-state index in [9.17, 15) is 16.8 Å². The Bertz CT molecular complexity index is 784. The molecular weight excluding hydrogens is 322 g/mol. The maximum atomic E-state index is 12.7. The van der Waals surface area contributed by atoms with Crippen LogP contribution < -0.4 is 0 Å². The van der Waals surface area contributed by atoms with E-state index in [1.165, 1.54) is 16.1 Å². The van der Waals surface area contributed by atoms with Gasteiger partial charge < -0.3 is 0 Å². The fourth-order valence-corrected chi connectivity index (χ4v) is 5.91. The highest BCUT2D eigenvalue weighted by Crippen LogP contribution is 2.28. The van der Waals surface area contributed by atoms with E-state index in [1.54, 1.807) is 12.1 Å². The second-order valence-corrected chi connectivity index (χ2v) is 10.5. The average molecular weight is 343 g/mol. The Morgan fingerprint density at radius 3 is 2.36 bits per heavy atom. The summed E-state index contributed by atoms with van der Waals surface area (Å²) in [5.41, 5.74) is 2.35. The van der Waals surface area contributed by atoms with Gasteiger partial charge in [0.05, 0.1) is 10.1 Å². The van der Waals surface area contributed by atoms with Crippen LogP contribution >= 0.6 is 0 Å². The van der Waals surface area contributed by atoms with Crippen molar-refractivity contribution >= 4 is 19.9 Å². The van der Waals surface area contributed by atoms with Crippen molar-refractivity contribution in [3.8, 4) is 0 Å². The second-order valence-electron chi connectivity index (χ2n) is 6.24. The zero-order valence-electron chi connectivity index (χ0n) is 12.7. The van der Waals surface area contributed by atoms with Crippen LogP contribution in [0.4, 0.5) is 0 Å². The van der Waals surface area contributed by atoms with E-state index in [0.717, 1.165) is 31.2 Å². The molecule has 0 saturated carbocycles. The number of hydrogen-bond donors (Lipinski definition) is 0.